The molecule has 0 fully saturated rings. The minimum Gasteiger partial charge on any atom is -0.457 e. The van der Waals surface area contributed by atoms with Crippen molar-refractivity contribution >= 4 is 11.4 Å². The number of hydrogen-bond donors (Lipinski definition) is 0. The summed E-state index contributed by atoms with van der Waals surface area (Å²) in [6.45, 7) is 13.8. The minimum atomic E-state index is -0.533. The van der Waals surface area contributed by atoms with Crippen molar-refractivity contribution < 1.29 is 4.74 Å². The van der Waals surface area contributed by atoms with E-state index < -0.39 is 5.41 Å². The summed E-state index contributed by atoms with van der Waals surface area (Å²) in [6.07, 6.45) is 7.00. The molecule has 2 nitrogen and oxygen atoms in total. The Balaban J connectivity index is 1.44. The van der Waals surface area contributed by atoms with E-state index >= 15 is 0 Å². The maximum absolute atomic E-state index is 6.84. The molecule has 1 spiro atoms. The van der Waals surface area contributed by atoms with E-state index in [2.05, 4.69) is 174 Å². The van der Waals surface area contributed by atoms with E-state index in [1.165, 1.54) is 61.6 Å². The van der Waals surface area contributed by atoms with Crippen LogP contribution in [-0.2, 0) is 16.2 Å². The van der Waals surface area contributed by atoms with Crippen LogP contribution >= 0.6 is 0 Å². The van der Waals surface area contributed by atoms with Crippen LogP contribution in [0, 0.1) is 0 Å². The van der Waals surface area contributed by atoms with E-state index in [9.17, 15) is 0 Å². The van der Waals surface area contributed by atoms with Crippen molar-refractivity contribution in [2.45, 2.75) is 70.6 Å². The van der Waals surface area contributed by atoms with Crippen molar-refractivity contribution in [2.24, 2.45) is 0 Å². The third-order valence-corrected chi connectivity index (χ3v) is 10.3. The first-order valence-electron chi connectivity index (χ1n) is 17.0. The highest BCUT2D eigenvalue weighted by molar-refractivity contribution is 5.87. The first-order valence-corrected chi connectivity index (χ1v) is 17.0. The van der Waals surface area contributed by atoms with Gasteiger partial charge in [0.1, 0.15) is 11.5 Å². The van der Waals surface area contributed by atoms with Gasteiger partial charge in [0.15, 0.2) is 0 Å². The summed E-state index contributed by atoms with van der Waals surface area (Å²) < 4.78 is 6.84. The molecule has 0 atom stereocenters. The monoisotopic (exact) mass is 613 g/mol. The number of allylic oxidation sites excluding steroid dienone is 3. The molecule has 0 N–H and O–H groups in total. The summed E-state index contributed by atoms with van der Waals surface area (Å²) in [5.41, 5.74) is 13.3. The number of fused-ring (bicyclic) bond motifs is 8. The van der Waals surface area contributed by atoms with E-state index in [0.29, 0.717) is 0 Å². The van der Waals surface area contributed by atoms with Crippen LogP contribution < -0.4 is 9.64 Å². The van der Waals surface area contributed by atoms with Crippen LogP contribution in [0.2, 0.25) is 0 Å². The van der Waals surface area contributed by atoms with Gasteiger partial charge in [0.2, 0.25) is 0 Å². The van der Waals surface area contributed by atoms with Gasteiger partial charge in [0.05, 0.1) is 11.1 Å². The van der Waals surface area contributed by atoms with Gasteiger partial charge in [-0.15, -0.1) is 0 Å². The molecule has 2 aliphatic heterocycles. The van der Waals surface area contributed by atoms with Crippen molar-refractivity contribution in [2.75, 3.05) is 4.90 Å². The maximum Gasteiger partial charge on any atom is 0.132 e. The maximum atomic E-state index is 6.84. The normalized spacial score (nSPS) is 16.3. The van der Waals surface area contributed by atoms with Gasteiger partial charge in [-0.1, -0.05) is 126 Å². The zero-order valence-electron chi connectivity index (χ0n) is 28.4. The van der Waals surface area contributed by atoms with Crippen molar-refractivity contribution in [3.63, 3.8) is 0 Å². The summed E-state index contributed by atoms with van der Waals surface area (Å²) in [5.74, 6) is 1.88. The Hall–Kier alpha value is -4.82. The fourth-order valence-corrected chi connectivity index (χ4v) is 7.79. The van der Waals surface area contributed by atoms with Gasteiger partial charge in [0, 0.05) is 22.5 Å². The third-order valence-electron chi connectivity index (χ3n) is 10.3. The summed E-state index contributed by atoms with van der Waals surface area (Å²) in [7, 11) is 0. The molecule has 0 unspecified atom stereocenters. The van der Waals surface area contributed by atoms with Crippen LogP contribution in [0.5, 0.6) is 11.5 Å². The predicted octanol–water partition coefficient (Wildman–Crippen LogP) is 12.1. The molecule has 3 aliphatic rings. The van der Waals surface area contributed by atoms with Crippen LogP contribution in [0.4, 0.5) is 11.4 Å². The van der Waals surface area contributed by atoms with Gasteiger partial charge in [0.25, 0.3) is 0 Å². The molecule has 2 heterocycles. The first-order chi connectivity index (χ1) is 22.6. The Kier molecular flexibility index (Phi) is 6.67. The zero-order valence-corrected chi connectivity index (χ0v) is 28.4. The molecule has 8 rings (SSSR count). The van der Waals surface area contributed by atoms with Crippen molar-refractivity contribution in [3.05, 3.63) is 167 Å². The second-order valence-electron chi connectivity index (χ2n) is 15.3. The molecule has 0 saturated carbocycles. The third kappa shape index (κ3) is 4.60. The Morgan fingerprint density at radius 2 is 1.11 bits per heavy atom. The lowest BCUT2D eigenvalue weighted by Crippen LogP contribution is -2.44. The predicted molar refractivity (Wildman–Crippen MR) is 196 cm³/mol. The highest BCUT2D eigenvalue weighted by Crippen LogP contribution is 2.63. The number of hydrogen-bond acceptors (Lipinski definition) is 2. The number of benzene rings is 5. The smallest absolute Gasteiger partial charge is 0.132 e. The molecule has 0 aromatic heterocycles. The van der Waals surface area contributed by atoms with Crippen molar-refractivity contribution in [1.82, 2.24) is 0 Å². The molecule has 1 aliphatic carbocycles. The average molecular weight is 614 g/mol. The standard InChI is InChI=1S/C45H43NO/c1-43(2,3)32-22-26-41-37(28-32)45(38-29-33(44(4,5)6)23-27-42(38)47-41)35-16-10-12-18-39(35)46(40-19-13-11-17-36(40)45)34-24-20-31(21-25-34)30-14-8-7-9-15-30/h7-10,12,14-29H,11,13H2,1-6H3. The largest absolute Gasteiger partial charge is 0.457 e. The number of anilines is 2. The Bertz CT molecular complexity index is 2000. The number of rotatable bonds is 2. The molecule has 0 amide bonds. The van der Waals surface area contributed by atoms with Crippen LogP contribution in [0.15, 0.2) is 139 Å². The lowest BCUT2D eigenvalue weighted by molar-refractivity contribution is 0.428. The van der Waals surface area contributed by atoms with Gasteiger partial charge < -0.3 is 9.64 Å². The molecular formula is C45H43NO. The van der Waals surface area contributed by atoms with Gasteiger partial charge in [-0.3, -0.25) is 0 Å². The average Bonchev–Trinajstić information content (AvgIpc) is 3.07. The topological polar surface area (TPSA) is 12.5 Å². The summed E-state index contributed by atoms with van der Waals surface area (Å²) in [6, 6.07) is 42.6. The molecule has 5 aromatic carbocycles. The lowest BCUT2D eigenvalue weighted by atomic mass is 9.58. The van der Waals surface area contributed by atoms with Crippen molar-refractivity contribution in [1.29, 1.82) is 0 Å². The minimum absolute atomic E-state index is 0.00983. The zero-order chi connectivity index (χ0) is 32.6. The SMILES string of the molecule is CC(C)(C)c1ccc2c(c1)C1(C3=CCCC=C3N(c3ccc(-c4ccccc4)cc3)c3ccccc31)c1cc(C(C)(C)C)ccc1O2. The van der Waals surface area contributed by atoms with Gasteiger partial charge >= 0.3 is 0 Å². The molecule has 0 saturated heterocycles. The first kappa shape index (κ1) is 29.6. The second-order valence-corrected chi connectivity index (χ2v) is 15.3. The molecule has 47 heavy (non-hydrogen) atoms. The van der Waals surface area contributed by atoms with Crippen LogP contribution in [0.3, 0.4) is 0 Å². The number of para-hydroxylation sites is 1. The van der Waals surface area contributed by atoms with E-state index in [0.717, 1.165) is 24.3 Å². The van der Waals surface area contributed by atoms with Crippen LogP contribution in [0.25, 0.3) is 11.1 Å². The van der Waals surface area contributed by atoms with E-state index in [1.807, 2.05) is 0 Å². The van der Waals surface area contributed by atoms with Crippen LogP contribution in [0.1, 0.15) is 82.2 Å². The molecule has 5 aromatic rings. The highest BCUT2D eigenvalue weighted by Gasteiger charge is 2.53. The quantitative estimate of drug-likeness (QED) is 0.196. The Morgan fingerprint density at radius 1 is 0.553 bits per heavy atom. The lowest BCUT2D eigenvalue weighted by Gasteiger charge is -2.51. The van der Waals surface area contributed by atoms with Crippen molar-refractivity contribution in [3.8, 4) is 22.6 Å². The van der Waals surface area contributed by atoms with Gasteiger partial charge in [-0.2, -0.15) is 0 Å². The molecule has 234 valence electrons. The second kappa shape index (κ2) is 10.6. The fraction of sp³-hybridized carbons (Fsp3) is 0.244. The molecule has 0 bridgehead atoms. The number of nitrogens with zero attached hydrogens (tertiary/aromatic N) is 1. The Labute approximate surface area is 280 Å². The van der Waals surface area contributed by atoms with Gasteiger partial charge in [-0.25, -0.2) is 0 Å². The van der Waals surface area contributed by atoms with E-state index in [1.54, 1.807) is 0 Å². The fourth-order valence-electron chi connectivity index (χ4n) is 7.79. The van der Waals surface area contributed by atoms with E-state index in [4.69, 9.17) is 4.74 Å². The summed E-state index contributed by atoms with van der Waals surface area (Å²) in [4.78, 5) is 2.50. The molecule has 2 heteroatoms. The van der Waals surface area contributed by atoms with E-state index in [-0.39, 0.29) is 10.8 Å². The van der Waals surface area contributed by atoms with Gasteiger partial charge in [-0.05, 0) is 99.5 Å². The summed E-state index contributed by atoms with van der Waals surface area (Å²) >= 11 is 0. The summed E-state index contributed by atoms with van der Waals surface area (Å²) in [5, 5.41) is 0. The highest BCUT2D eigenvalue weighted by atomic mass is 16.5. The molecule has 0 radical (unpaired) electrons. The number of ether oxygens (including phenoxy) is 1. The molecular weight excluding hydrogens is 571 g/mol. The van der Waals surface area contributed by atoms with Crippen LogP contribution in [-0.4, -0.2) is 0 Å². The Morgan fingerprint density at radius 3 is 1.72 bits per heavy atom.